The first-order valence-electron chi connectivity index (χ1n) is 6.04. The zero-order valence-electron chi connectivity index (χ0n) is 10.7. The van der Waals surface area contributed by atoms with Crippen LogP contribution >= 0.6 is 11.3 Å². The summed E-state index contributed by atoms with van der Waals surface area (Å²) in [5, 5.41) is 3.25. The van der Waals surface area contributed by atoms with Gasteiger partial charge in [0.15, 0.2) is 0 Å². The molecule has 2 rings (SSSR count). The zero-order chi connectivity index (χ0) is 13.0. The maximum atomic E-state index is 5.58. The molecule has 0 saturated heterocycles. The van der Waals surface area contributed by atoms with Gasteiger partial charge in [-0.2, -0.15) is 0 Å². The summed E-state index contributed by atoms with van der Waals surface area (Å²) in [4.78, 5) is 4.68. The number of thiazole rings is 1. The average Bonchev–Trinajstić information content (AvgIpc) is 2.89. The fraction of sp³-hybridized carbons (Fsp3) is 0.357. The van der Waals surface area contributed by atoms with Gasteiger partial charge in [0.25, 0.3) is 0 Å². The number of nitrogens with two attached hydrogens (primary N) is 1. The Kier molecular flexibility index (Phi) is 4.33. The summed E-state index contributed by atoms with van der Waals surface area (Å²) in [6.07, 6.45) is 0.977. The first-order chi connectivity index (χ1) is 8.74. The van der Waals surface area contributed by atoms with Gasteiger partial charge >= 0.3 is 0 Å². The summed E-state index contributed by atoms with van der Waals surface area (Å²) in [6, 6.07) is 7.98. The number of nitrogens with zero attached hydrogens (tertiary/aromatic N) is 1. The van der Waals surface area contributed by atoms with E-state index in [1.165, 1.54) is 0 Å². The molecule has 0 radical (unpaired) electrons. The van der Waals surface area contributed by atoms with Crippen molar-refractivity contribution in [2.24, 2.45) is 5.73 Å². The van der Waals surface area contributed by atoms with E-state index in [4.69, 9.17) is 10.5 Å². The number of methoxy groups -OCH3 is 1. The Morgan fingerprint density at radius 2 is 2.28 bits per heavy atom. The van der Waals surface area contributed by atoms with Gasteiger partial charge in [-0.25, -0.2) is 4.98 Å². The number of aromatic nitrogens is 1. The lowest BCUT2D eigenvalue weighted by molar-refractivity contribution is 0.415. The first kappa shape index (κ1) is 13.1. The van der Waals surface area contributed by atoms with Crippen LogP contribution in [-0.2, 0) is 0 Å². The molecule has 1 unspecified atom stereocenters. The minimum Gasteiger partial charge on any atom is -0.497 e. The van der Waals surface area contributed by atoms with E-state index in [2.05, 4.69) is 23.4 Å². The van der Waals surface area contributed by atoms with E-state index in [-0.39, 0.29) is 0 Å². The molecule has 18 heavy (non-hydrogen) atoms. The second-order valence-electron chi connectivity index (χ2n) is 4.28. The van der Waals surface area contributed by atoms with Crippen molar-refractivity contribution in [2.75, 3.05) is 13.7 Å². The molecule has 2 N–H and O–H groups in total. The second kappa shape index (κ2) is 5.98. The van der Waals surface area contributed by atoms with Gasteiger partial charge in [0.05, 0.1) is 17.8 Å². The van der Waals surface area contributed by atoms with Crippen LogP contribution in [0.5, 0.6) is 5.75 Å². The minimum absolute atomic E-state index is 0.430. The van der Waals surface area contributed by atoms with Crippen LogP contribution in [0.25, 0.3) is 11.3 Å². The van der Waals surface area contributed by atoms with Gasteiger partial charge in [-0.15, -0.1) is 11.3 Å². The van der Waals surface area contributed by atoms with Crippen LogP contribution in [-0.4, -0.2) is 18.6 Å². The molecule has 0 aliphatic heterocycles. The topological polar surface area (TPSA) is 48.1 Å². The quantitative estimate of drug-likeness (QED) is 0.899. The van der Waals surface area contributed by atoms with E-state index >= 15 is 0 Å². The molecule has 0 bridgehead atoms. The summed E-state index contributed by atoms with van der Waals surface area (Å²) < 4.78 is 5.23. The molecule has 2 aromatic rings. The van der Waals surface area contributed by atoms with Crippen molar-refractivity contribution in [3.63, 3.8) is 0 Å². The maximum Gasteiger partial charge on any atom is 0.119 e. The van der Waals surface area contributed by atoms with Crippen molar-refractivity contribution in [1.82, 2.24) is 4.98 Å². The van der Waals surface area contributed by atoms with Crippen molar-refractivity contribution >= 4 is 11.3 Å². The molecular weight excluding hydrogens is 244 g/mol. The Balaban J connectivity index is 2.23. The molecule has 0 saturated carbocycles. The van der Waals surface area contributed by atoms with Gasteiger partial charge in [0.2, 0.25) is 0 Å². The summed E-state index contributed by atoms with van der Waals surface area (Å²) in [5.74, 6) is 1.29. The van der Waals surface area contributed by atoms with Crippen molar-refractivity contribution in [3.05, 3.63) is 34.7 Å². The number of rotatable bonds is 5. The average molecular weight is 262 g/mol. The van der Waals surface area contributed by atoms with E-state index in [1.807, 2.05) is 18.2 Å². The number of hydrogen-bond acceptors (Lipinski definition) is 4. The van der Waals surface area contributed by atoms with Gasteiger partial charge in [-0.1, -0.05) is 19.1 Å². The molecule has 0 amide bonds. The number of ether oxygens (including phenoxy) is 1. The van der Waals surface area contributed by atoms with Gasteiger partial charge in [-0.05, 0) is 25.1 Å². The lowest BCUT2D eigenvalue weighted by Crippen LogP contribution is -2.04. The third kappa shape index (κ3) is 2.89. The third-order valence-electron chi connectivity index (χ3n) is 2.91. The molecule has 4 heteroatoms. The highest BCUT2D eigenvalue weighted by Gasteiger charge is 2.11. The predicted octanol–water partition coefficient (Wildman–Crippen LogP) is 3.27. The van der Waals surface area contributed by atoms with Crippen LogP contribution in [0.1, 0.15) is 24.3 Å². The van der Waals surface area contributed by atoms with Crippen molar-refractivity contribution in [3.8, 4) is 17.0 Å². The molecule has 1 aromatic carbocycles. The Hall–Kier alpha value is -1.39. The Labute approximate surface area is 112 Å². The summed E-state index contributed by atoms with van der Waals surface area (Å²) in [5.41, 5.74) is 7.69. The van der Waals surface area contributed by atoms with Crippen LogP contribution in [0.3, 0.4) is 0 Å². The number of benzene rings is 1. The third-order valence-corrected chi connectivity index (χ3v) is 3.98. The maximum absolute atomic E-state index is 5.58. The summed E-state index contributed by atoms with van der Waals surface area (Å²) >= 11 is 1.70. The highest BCUT2D eigenvalue weighted by Crippen LogP contribution is 2.29. The van der Waals surface area contributed by atoms with Crippen LogP contribution in [0.2, 0.25) is 0 Å². The molecule has 0 spiro atoms. The molecule has 0 fully saturated rings. The lowest BCUT2D eigenvalue weighted by Gasteiger charge is -2.05. The van der Waals surface area contributed by atoms with E-state index in [0.717, 1.165) is 28.4 Å². The van der Waals surface area contributed by atoms with Crippen LogP contribution in [0, 0.1) is 0 Å². The largest absolute Gasteiger partial charge is 0.497 e. The van der Waals surface area contributed by atoms with Crippen LogP contribution in [0.15, 0.2) is 29.6 Å². The first-order valence-corrected chi connectivity index (χ1v) is 6.92. The molecule has 0 aliphatic rings. The van der Waals surface area contributed by atoms with E-state index in [9.17, 15) is 0 Å². The highest BCUT2D eigenvalue weighted by molar-refractivity contribution is 7.10. The second-order valence-corrected chi connectivity index (χ2v) is 5.17. The zero-order valence-corrected chi connectivity index (χ0v) is 11.5. The fourth-order valence-corrected chi connectivity index (χ4v) is 2.72. The predicted molar refractivity (Wildman–Crippen MR) is 76.2 cm³/mol. The standard InChI is InChI=1S/C14H18N2OS/c1-10(6-7-15)14-16-13(9-18-14)11-4-3-5-12(8-11)17-2/h3-5,8-10H,6-7,15H2,1-2H3. The smallest absolute Gasteiger partial charge is 0.119 e. The monoisotopic (exact) mass is 262 g/mol. The Morgan fingerprint density at radius 1 is 1.44 bits per heavy atom. The normalized spacial score (nSPS) is 12.4. The molecule has 1 heterocycles. The highest BCUT2D eigenvalue weighted by atomic mass is 32.1. The fourth-order valence-electron chi connectivity index (χ4n) is 1.80. The minimum atomic E-state index is 0.430. The van der Waals surface area contributed by atoms with E-state index < -0.39 is 0 Å². The van der Waals surface area contributed by atoms with E-state index in [1.54, 1.807) is 18.4 Å². The van der Waals surface area contributed by atoms with Crippen molar-refractivity contribution in [2.45, 2.75) is 19.3 Å². The Morgan fingerprint density at radius 3 is 3.00 bits per heavy atom. The van der Waals surface area contributed by atoms with Gasteiger partial charge in [0.1, 0.15) is 5.75 Å². The summed E-state index contributed by atoms with van der Waals surface area (Å²) in [6.45, 7) is 2.87. The lowest BCUT2D eigenvalue weighted by atomic mass is 10.1. The van der Waals surface area contributed by atoms with Gasteiger partial charge < -0.3 is 10.5 Å². The SMILES string of the molecule is COc1cccc(-c2csc(C(C)CCN)n2)c1. The number of hydrogen-bond donors (Lipinski definition) is 1. The molecule has 0 aliphatic carbocycles. The van der Waals surface area contributed by atoms with Crippen LogP contribution in [0.4, 0.5) is 0 Å². The summed E-state index contributed by atoms with van der Waals surface area (Å²) in [7, 11) is 1.68. The van der Waals surface area contributed by atoms with Crippen molar-refractivity contribution < 1.29 is 4.74 Å². The van der Waals surface area contributed by atoms with E-state index in [0.29, 0.717) is 12.5 Å². The molecule has 1 atom stereocenters. The van der Waals surface area contributed by atoms with Crippen LogP contribution < -0.4 is 10.5 Å². The molecule has 1 aromatic heterocycles. The van der Waals surface area contributed by atoms with Gasteiger partial charge in [0, 0.05) is 16.9 Å². The molecule has 96 valence electrons. The molecule has 3 nitrogen and oxygen atoms in total. The molecular formula is C14H18N2OS. The Bertz CT molecular complexity index is 510. The van der Waals surface area contributed by atoms with Gasteiger partial charge in [-0.3, -0.25) is 0 Å². The van der Waals surface area contributed by atoms with Crippen molar-refractivity contribution in [1.29, 1.82) is 0 Å².